The van der Waals surface area contributed by atoms with Crippen LogP contribution < -0.4 is 15.8 Å². The average molecular weight is 330 g/mol. The second kappa shape index (κ2) is 6.33. The van der Waals surface area contributed by atoms with Gasteiger partial charge in [0.05, 0.1) is 6.54 Å². The molecule has 0 spiro atoms. The predicted molar refractivity (Wildman–Crippen MR) is 88.3 cm³/mol. The molecular formula is C15H18N6O3. The van der Waals surface area contributed by atoms with E-state index in [-0.39, 0.29) is 17.0 Å². The van der Waals surface area contributed by atoms with Gasteiger partial charge in [0.15, 0.2) is 11.2 Å². The molecule has 3 rings (SSSR count). The molecule has 1 fully saturated rings. The van der Waals surface area contributed by atoms with Crippen LogP contribution in [-0.4, -0.2) is 56.4 Å². The first-order chi connectivity index (χ1) is 11.5. The number of hydrogen-bond acceptors (Lipinski definition) is 6. The predicted octanol–water partition coefficient (Wildman–Crippen LogP) is -0.739. The van der Waals surface area contributed by atoms with Gasteiger partial charge in [0, 0.05) is 33.2 Å². The van der Waals surface area contributed by atoms with Gasteiger partial charge in [-0.2, -0.15) is 4.98 Å². The molecule has 0 unspecified atom stereocenters. The van der Waals surface area contributed by atoms with Gasteiger partial charge in [-0.1, -0.05) is 5.92 Å². The van der Waals surface area contributed by atoms with Crippen molar-refractivity contribution >= 4 is 23.1 Å². The molecule has 0 radical (unpaired) electrons. The van der Waals surface area contributed by atoms with Crippen molar-refractivity contribution in [3.8, 4) is 11.8 Å². The molecule has 3 heterocycles. The number of nitrogens with zero attached hydrogens (tertiary/aromatic N) is 5. The van der Waals surface area contributed by atoms with Crippen LogP contribution in [0.15, 0.2) is 4.79 Å². The largest absolute Gasteiger partial charge is 0.475 e. The second-order valence-electron chi connectivity index (χ2n) is 5.44. The van der Waals surface area contributed by atoms with Crippen LogP contribution in [-0.2, 0) is 13.6 Å². The quantitative estimate of drug-likeness (QED) is 0.714. The molecule has 0 amide bonds. The van der Waals surface area contributed by atoms with Gasteiger partial charge in [-0.05, 0) is 6.92 Å². The summed E-state index contributed by atoms with van der Waals surface area (Å²) in [6, 6.07) is 0. The number of imidazole rings is 1. The maximum Gasteiger partial charge on any atom is 0.372 e. The number of aromatic nitrogens is 4. The Balaban J connectivity index is 2.26. The Labute approximate surface area is 137 Å². The van der Waals surface area contributed by atoms with Gasteiger partial charge in [-0.25, -0.2) is 9.78 Å². The van der Waals surface area contributed by atoms with Crippen molar-refractivity contribution in [3.63, 3.8) is 0 Å². The van der Waals surface area contributed by atoms with E-state index in [9.17, 15) is 14.7 Å². The lowest BCUT2D eigenvalue weighted by molar-refractivity contribution is 0.0678. The van der Waals surface area contributed by atoms with E-state index in [1.807, 2.05) is 0 Å². The third kappa shape index (κ3) is 2.61. The zero-order valence-corrected chi connectivity index (χ0v) is 13.5. The fourth-order valence-corrected chi connectivity index (χ4v) is 2.75. The van der Waals surface area contributed by atoms with E-state index in [0.717, 1.165) is 30.7 Å². The van der Waals surface area contributed by atoms with E-state index in [1.54, 1.807) is 11.5 Å². The van der Waals surface area contributed by atoms with Crippen molar-refractivity contribution in [1.82, 2.24) is 24.4 Å². The molecule has 1 aliphatic heterocycles. The van der Waals surface area contributed by atoms with E-state index in [1.165, 1.54) is 7.05 Å². The molecule has 9 heteroatoms. The molecule has 1 saturated heterocycles. The Morgan fingerprint density at radius 1 is 1.33 bits per heavy atom. The Morgan fingerprint density at radius 2 is 2.04 bits per heavy atom. The smallest absolute Gasteiger partial charge is 0.372 e. The van der Waals surface area contributed by atoms with Gasteiger partial charge in [-0.15, -0.1) is 5.92 Å². The minimum absolute atomic E-state index is 0.141. The van der Waals surface area contributed by atoms with Crippen LogP contribution in [0.25, 0.3) is 11.2 Å². The van der Waals surface area contributed by atoms with Crippen LogP contribution in [0.3, 0.4) is 0 Å². The Kier molecular flexibility index (Phi) is 4.22. The fraction of sp³-hybridized carbons (Fsp3) is 0.467. The molecule has 0 atom stereocenters. The zero-order chi connectivity index (χ0) is 17.3. The summed E-state index contributed by atoms with van der Waals surface area (Å²) in [5.74, 6) is 4.77. The van der Waals surface area contributed by atoms with Crippen LogP contribution in [0.2, 0.25) is 0 Å². The van der Waals surface area contributed by atoms with E-state index < -0.39 is 11.5 Å². The highest BCUT2D eigenvalue weighted by Gasteiger charge is 2.24. The SMILES string of the molecule is CC#CCn1c(N2CCNCC2)nc2nc(C(=O)O)n(C)c(=O)c21. The van der Waals surface area contributed by atoms with Crippen molar-refractivity contribution in [3.05, 3.63) is 16.2 Å². The second-order valence-corrected chi connectivity index (χ2v) is 5.44. The summed E-state index contributed by atoms with van der Waals surface area (Å²) in [5.41, 5.74) is -0.0232. The first-order valence-corrected chi connectivity index (χ1v) is 7.60. The van der Waals surface area contributed by atoms with Crippen molar-refractivity contribution in [1.29, 1.82) is 0 Å². The van der Waals surface area contributed by atoms with Crippen LogP contribution in [0.4, 0.5) is 5.95 Å². The summed E-state index contributed by atoms with van der Waals surface area (Å²) in [6.45, 7) is 5.14. The van der Waals surface area contributed by atoms with Gasteiger partial charge in [0.2, 0.25) is 11.8 Å². The number of aromatic carboxylic acids is 1. The minimum atomic E-state index is -1.26. The van der Waals surface area contributed by atoms with Gasteiger partial charge < -0.3 is 15.3 Å². The molecule has 2 aromatic rings. The monoisotopic (exact) mass is 330 g/mol. The Morgan fingerprint density at radius 3 is 2.67 bits per heavy atom. The molecule has 2 aromatic heterocycles. The van der Waals surface area contributed by atoms with E-state index >= 15 is 0 Å². The Hall–Kier alpha value is -2.86. The molecule has 1 aliphatic rings. The molecule has 0 saturated carbocycles. The lowest BCUT2D eigenvalue weighted by atomic mass is 10.4. The van der Waals surface area contributed by atoms with Crippen molar-refractivity contribution < 1.29 is 9.90 Å². The average Bonchev–Trinajstić information content (AvgIpc) is 2.95. The number of carboxylic acids is 1. The first kappa shape index (κ1) is 16.0. The molecule has 0 aromatic carbocycles. The van der Waals surface area contributed by atoms with Crippen molar-refractivity contribution in [2.24, 2.45) is 7.05 Å². The number of anilines is 1. The van der Waals surface area contributed by atoms with Crippen LogP contribution in [0.5, 0.6) is 0 Å². The summed E-state index contributed by atoms with van der Waals surface area (Å²) in [6.07, 6.45) is 0. The van der Waals surface area contributed by atoms with Gasteiger partial charge in [0.1, 0.15) is 0 Å². The molecule has 9 nitrogen and oxygen atoms in total. The summed E-state index contributed by atoms with van der Waals surface area (Å²) in [7, 11) is 1.39. The third-order valence-electron chi connectivity index (χ3n) is 3.97. The topological polar surface area (TPSA) is 105 Å². The summed E-state index contributed by atoms with van der Waals surface area (Å²) in [4.78, 5) is 34.5. The first-order valence-electron chi connectivity index (χ1n) is 7.60. The molecule has 2 N–H and O–H groups in total. The lowest BCUT2D eigenvalue weighted by Crippen LogP contribution is -2.44. The molecule has 0 aliphatic carbocycles. The molecular weight excluding hydrogens is 312 g/mol. The van der Waals surface area contributed by atoms with Crippen LogP contribution >= 0.6 is 0 Å². The minimum Gasteiger partial charge on any atom is -0.475 e. The summed E-state index contributed by atoms with van der Waals surface area (Å²) in [5, 5.41) is 12.5. The standard InChI is InChI=1S/C15H18N6O3/c1-3-4-7-21-10-11(17-12(14(23)24)19(2)13(10)22)18-15(21)20-8-5-16-6-9-20/h16H,5-9H2,1-2H3,(H,23,24). The maximum absolute atomic E-state index is 12.7. The summed E-state index contributed by atoms with van der Waals surface area (Å²) < 4.78 is 2.75. The van der Waals surface area contributed by atoms with Crippen LogP contribution in [0.1, 0.15) is 17.5 Å². The van der Waals surface area contributed by atoms with Crippen molar-refractivity contribution in [2.45, 2.75) is 13.5 Å². The number of fused-ring (bicyclic) bond motifs is 1. The number of carboxylic acid groups (broad SMARTS) is 1. The summed E-state index contributed by atoms with van der Waals surface area (Å²) >= 11 is 0. The molecule has 24 heavy (non-hydrogen) atoms. The van der Waals surface area contributed by atoms with E-state index in [4.69, 9.17) is 0 Å². The number of rotatable bonds is 3. The number of piperazine rings is 1. The van der Waals surface area contributed by atoms with Crippen LogP contribution in [0, 0.1) is 11.8 Å². The maximum atomic E-state index is 12.7. The fourth-order valence-electron chi connectivity index (χ4n) is 2.75. The number of carbonyl (C=O) groups is 1. The molecule has 126 valence electrons. The van der Waals surface area contributed by atoms with E-state index in [2.05, 4.69) is 32.0 Å². The number of nitrogens with one attached hydrogen (secondary N) is 1. The zero-order valence-electron chi connectivity index (χ0n) is 13.5. The highest BCUT2D eigenvalue weighted by Crippen LogP contribution is 2.20. The molecule has 0 bridgehead atoms. The normalized spacial score (nSPS) is 14.5. The van der Waals surface area contributed by atoms with E-state index in [0.29, 0.717) is 12.5 Å². The Bertz CT molecular complexity index is 911. The van der Waals surface area contributed by atoms with Crippen molar-refractivity contribution in [2.75, 3.05) is 31.1 Å². The van der Waals surface area contributed by atoms with Gasteiger partial charge >= 0.3 is 5.97 Å². The van der Waals surface area contributed by atoms with Gasteiger partial charge in [0.25, 0.3) is 5.56 Å². The van der Waals surface area contributed by atoms with Gasteiger partial charge in [-0.3, -0.25) is 13.9 Å². The lowest BCUT2D eigenvalue weighted by Gasteiger charge is -2.28. The highest BCUT2D eigenvalue weighted by molar-refractivity contribution is 5.86. The number of hydrogen-bond donors (Lipinski definition) is 2. The highest BCUT2D eigenvalue weighted by atomic mass is 16.4. The third-order valence-corrected chi connectivity index (χ3v) is 3.97.